The SMILES string of the molecule is Cc1ccccc1CNc1snc2ccccc12. The van der Waals surface area contributed by atoms with Gasteiger partial charge in [0.25, 0.3) is 0 Å². The van der Waals surface area contributed by atoms with Crippen molar-refractivity contribution in [2.24, 2.45) is 0 Å². The number of anilines is 1. The number of rotatable bonds is 3. The van der Waals surface area contributed by atoms with Gasteiger partial charge in [-0.15, -0.1) is 0 Å². The van der Waals surface area contributed by atoms with Crippen LogP contribution in [0, 0.1) is 6.92 Å². The molecule has 1 N–H and O–H groups in total. The van der Waals surface area contributed by atoms with Gasteiger partial charge in [0.1, 0.15) is 5.00 Å². The minimum absolute atomic E-state index is 0.846. The van der Waals surface area contributed by atoms with E-state index < -0.39 is 0 Å². The summed E-state index contributed by atoms with van der Waals surface area (Å²) < 4.78 is 4.43. The van der Waals surface area contributed by atoms with E-state index in [0.29, 0.717) is 0 Å². The number of benzene rings is 2. The van der Waals surface area contributed by atoms with Crippen LogP contribution >= 0.6 is 11.5 Å². The van der Waals surface area contributed by atoms with E-state index in [1.54, 1.807) is 0 Å². The van der Waals surface area contributed by atoms with E-state index in [1.807, 2.05) is 12.1 Å². The molecule has 0 amide bonds. The highest BCUT2D eigenvalue weighted by Crippen LogP contribution is 2.27. The molecule has 0 atom stereocenters. The lowest BCUT2D eigenvalue weighted by atomic mass is 10.1. The van der Waals surface area contributed by atoms with Gasteiger partial charge in [0.15, 0.2) is 0 Å². The van der Waals surface area contributed by atoms with Crippen LogP contribution in [0.2, 0.25) is 0 Å². The number of aromatic nitrogens is 1. The van der Waals surface area contributed by atoms with Crippen molar-refractivity contribution in [2.45, 2.75) is 13.5 Å². The third-order valence-electron chi connectivity index (χ3n) is 3.08. The minimum Gasteiger partial charge on any atom is -0.371 e. The lowest BCUT2D eigenvalue weighted by Gasteiger charge is -2.07. The van der Waals surface area contributed by atoms with Crippen LogP contribution in [0.5, 0.6) is 0 Å². The fraction of sp³-hybridized carbons (Fsp3) is 0.133. The summed E-state index contributed by atoms with van der Waals surface area (Å²) >= 11 is 1.53. The topological polar surface area (TPSA) is 24.9 Å². The van der Waals surface area contributed by atoms with Crippen molar-refractivity contribution in [3.05, 3.63) is 59.7 Å². The first kappa shape index (κ1) is 11.2. The van der Waals surface area contributed by atoms with Crippen LogP contribution in [-0.2, 0) is 6.54 Å². The fourth-order valence-electron chi connectivity index (χ4n) is 2.00. The molecule has 90 valence electrons. The largest absolute Gasteiger partial charge is 0.371 e. The van der Waals surface area contributed by atoms with Gasteiger partial charge >= 0.3 is 0 Å². The Labute approximate surface area is 110 Å². The standard InChI is InChI=1S/C15H14N2S/c1-11-6-2-3-7-12(11)10-16-15-13-8-4-5-9-14(13)17-18-15/h2-9,16H,10H2,1H3. The molecule has 2 nitrogen and oxygen atoms in total. The number of aryl methyl sites for hydroxylation is 1. The van der Waals surface area contributed by atoms with Gasteiger partial charge in [-0.05, 0) is 41.7 Å². The summed E-state index contributed by atoms with van der Waals surface area (Å²) in [5.41, 5.74) is 3.71. The first-order valence-corrected chi connectivity index (χ1v) is 6.75. The third kappa shape index (κ3) is 2.09. The molecule has 3 heteroatoms. The number of nitrogens with one attached hydrogen (secondary N) is 1. The lowest BCUT2D eigenvalue weighted by molar-refractivity contribution is 1.13. The average Bonchev–Trinajstić information content (AvgIpc) is 2.81. The first-order chi connectivity index (χ1) is 8.84. The van der Waals surface area contributed by atoms with E-state index in [-0.39, 0.29) is 0 Å². The Morgan fingerprint density at radius 3 is 2.72 bits per heavy atom. The molecule has 2 aromatic carbocycles. The Kier molecular flexibility index (Phi) is 2.99. The molecule has 0 aliphatic carbocycles. The van der Waals surface area contributed by atoms with Gasteiger partial charge in [-0.3, -0.25) is 0 Å². The van der Waals surface area contributed by atoms with Crippen LogP contribution in [0.15, 0.2) is 48.5 Å². The van der Waals surface area contributed by atoms with Crippen molar-refractivity contribution in [1.29, 1.82) is 0 Å². The van der Waals surface area contributed by atoms with E-state index in [9.17, 15) is 0 Å². The first-order valence-electron chi connectivity index (χ1n) is 5.97. The molecule has 0 bridgehead atoms. The Bertz CT molecular complexity index is 673. The van der Waals surface area contributed by atoms with Crippen molar-refractivity contribution < 1.29 is 0 Å². The molecular weight excluding hydrogens is 240 g/mol. The van der Waals surface area contributed by atoms with Gasteiger partial charge in [-0.2, -0.15) is 4.37 Å². The van der Waals surface area contributed by atoms with E-state index >= 15 is 0 Å². The highest BCUT2D eigenvalue weighted by atomic mass is 32.1. The zero-order chi connectivity index (χ0) is 12.4. The molecule has 18 heavy (non-hydrogen) atoms. The molecule has 0 saturated carbocycles. The molecular formula is C15H14N2S. The summed E-state index contributed by atoms with van der Waals surface area (Å²) in [4.78, 5) is 0. The monoisotopic (exact) mass is 254 g/mol. The van der Waals surface area contributed by atoms with E-state index in [4.69, 9.17) is 0 Å². The van der Waals surface area contributed by atoms with Crippen LogP contribution in [0.4, 0.5) is 5.00 Å². The maximum Gasteiger partial charge on any atom is 0.117 e. The number of nitrogens with zero attached hydrogens (tertiary/aromatic N) is 1. The van der Waals surface area contributed by atoms with Crippen molar-refractivity contribution in [1.82, 2.24) is 4.37 Å². The zero-order valence-electron chi connectivity index (χ0n) is 10.2. The van der Waals surface area contributed by atoms with Gasteiger partial charge < -0.3 is 5.32 Å². The molecule has 3 rings (SSSR count). The number of fused-ring (bicyclic) bond motifs is 1. The summed E-state index contributed by atoms with van der Waals surface area (Å²) in [5.74, 6) is 0. The van der Waals surface area contributed by atoms with Crippen LogP contribution in [0.25, 0.3) is 10.9 Å². The third-order valence-corrected chi connectivity index (χ3v) is 3.92. The van der Waals surface area contributed by atoms with Crippen LogP contribution in [-0.4, -0.2) is 4.37 Å². The molecule has 0 saturated heterocycles. The van der Waals surface area contributed by atoms with Crippen molar-refractivity contribution in [2.75, 3.05) is 5.32 Å². The quantitative estimate of drug-likeness (QED) is 0.757. The van der Waals surface area contributed by atoms with Crippen molar-refractivity contribution in [3.63, 3.8) is 0 Å². The van der Waals surface area contributed by atoms with Gasteiger partial charge in [-0.1, -0.05) is 36.4 Å². The van der Waals surface area contributed by atoms with E-state index in [1.165, 1.54) is 28.0 Å². The van der Waals surface area contributed by atoms with Crippen LogP contribution in [0.1, 0.15) is 11.1 Å². The highest BCUT2D eigenvalue weighted by molar-refractivity contribution is 7.11. The molecule has 1 heterocycles. The van der Waals surface area contributed by atoms with Crippen molar-refractivity contribution >= 4 is 27.4 Å². The lowest BCUT2D eigenvalue weighted by Crippen LogP contribution is -1.99. The number of hydrogen-bond donors (Lipinski definition) is 1. The Balaban J connectivity index is 1.83. The molecule has 0 fully saturated rings. The molecule has 0 spiro atoms. The zero-order valence-corrected chi connectivity index (χ0v) is 11.0. The molecule has 0 aliphatic heterocycles. The maximum absolute atomic E-state index is 4.43. The second kappa shape index (κ2) is 4.78. The second-order valence-electron chi connectivity index (χ2n) is 4.31. The maximum atomic E-state index is 4.43. The summed E-state index contributed by atoms with van der Waals surface area (Å²) in [7, 11) is 0. The normalized spacial score (nSPS) is 10.7. The van der Waals surface area contributed by atoms with Crippen LogP contribution < -0.4 is 5.32 Å². The summed E-state index contributed by atoms with van der Waals surface area (Å²) in [5, 5.41) is 5.83. The second-order valence-corrected chi connectivity index (χ2v) is 5.08. The van der Waals surface area contributed by atoms with E-state index in [0.717, 1.165) is 17.1 Å². The molecule has 0 aliphatic rings. The Hall–Kier alpha value is -1.87. The van der Waals surface area contributed by atoms with Gasteiger partial charge in [0.05, 0.1) is 5.52 Å². The van der Waals surface area contributed by atoms with E-state index in [2.05, 4.69) is 53.0 Å². The fourth-order valence-corrected chi connectivity index (χ4v) is 2.76. The summed E-state index contributed by atoms with van der Waals surface area (Å²) in [6, 6.07) is 16.7. The Morgan fingerprint density at radius 1 is 1.06 bits per heavy atom. The van der Waals surface area contributed by atoms with Gasteiger partial charge in [0.2, 0.25) is 0 Å². The summed E-state index contributed by atoms with van der Waals surface area (Å²) in [6.45, 7) is 2.99. The predicted octanol–water partition coefficient (Wildman–Crippen LogP) is 4.22. The average molecular weight is 254 g/mol. The number of hydrogen-bond acceptors (Lipinski definition) is 3. The summed E-state index contributed by atoms with van der Waals surface area (Å²) in [6.07, 6.45) is 0. The molecule has 0 radical (unpaired) electrons. The molecule has 0 unspecified atom stereocenters. The van der Waals surface area contributed by atoms with Gasteiger partial charge in [0, 0.05) is 11.9 Å². The van der Waals surface area contributed by atoms with Gasteiger partial charge in [-0.25, -0.2) is 0 Å². The molecule has 3 aromatic rings. The Morgan fingerprint density at radius 2 is 1.83 bits per heavy atom. The smallest absolute Gasteiger partial charge is 0.117 e. The highest BCUT2D eigenvalue weighted by Gasteiger charge is 2.05. The predicted molar refractivity (Wildman–Crippen MR) is 78.1 cm³/mol. The van der Waals surface area contributed by atoms with Crippen molar-refractivity contribution in [3.8, 4) is 0 Å². The minimum atomic E-state index is 0.846. The van der Waals surface area contributed by atoms with Crippen LogP contribution in [0.3, 0.4) is 0 Å². The molecule has 1 aromatic heterocycles.